The number of carbonyl (C=O) groups excluding carboxylic acids is 1. The van der Waals surface area contributed by atoms with Gasteiger partial charge in [-0.2, -0.15) is 0 Å². The van der Waals surface area contributed by atoms with Gasteiger partial charge >= 0.3 is 0 Å². The maximum atomic E-state index is 11.5. The minimum atomic E-state index is -0.123. The van der Waals surface area contributed by atoms with Crippen molar-refractivity contribution in [3.8, 4) is 5.75 Å². The van der Waals surface area contributed by atoms with E-state index in [1.165, 1.54) is 0 Å². The van der Waals surface area contributed by atoms with Gasteiger partial charge in [0.1, 0.15) is 11.5 Å². The average Bonchev–Trinajstić information content (AvgIpc) is 2.27. The summed E-state index contributed by atoms with van der Waals surface area (Å²) in [6.45, 7) is 5.71. The second kappa shape index (κ2) is 6.40. The molecule has 1 aromatic carbocycles. The van der Waals surface area contributed by atoms with Crippen molar-refractivity contribution >= 4 is 5.78 Å². The minimum absolute atomic E-state index is 0.123. The maximum absolute atomic E-state index is 11.5. The molecule has 0 spiro atoms. The number of hydrogen-bond donors (Lipinski definition) is 1. The van der Waals surface area contributed by atoms with Gasteiger partial charge in [0.25, 0.3) is 0 Å². The molecule has 0 saturated heterocycles. The third kappa shape index (κ3) is 4.57. The highest BCUT2D eigenvalue weighted by Crippen LogP contribution is 2.14. The number of Topliss-reactive ketones (excluding diaryl/α,β-unsaturated/α-hetero) is 1. The Morgan fingerprint density at radius 2 is 2.12 bits per heavy atom. The van der Waals surface area contributed by atoms with Crippen molar-refractivity contribution in [1.29, 1.82) is 0 Å². The number of rotatable bonds is 6. The summed E-state index contributed by atoms with van der Waals surface area (Å²) in [6, 6.07) is 8.01. The van der Waals surface area contributed by atoms with Crippen LogP contribution < -0.4 is 10.1 Å². The second-order valence-corrected chi connectivity index (χ2v) is 4.54. The topological polar surface area (TPSA) is 38.3 Å². The van der Waals surface area contributed by atoms with E-state index in [1.807, 2.05) is 38.1 Å². The molecule has 0 aliphatic rings. The zero-order valence-electron chi connectivity index (χ0n) is 11.0. The summed E-state index contributed by atoms with van der Waals surface area (Å²) in [4.78, 5) is 11.5. The first-order chi connectivity index (χ1) is 8.02. The maximum Gasteiger partial charge on any atom is 0.147 e. The third-order valence-electron chi connectivity index (χ3n) is 2.60. The molecule has 0 bridgehead atoms. The number of methoxy groups -OCH3 is 1. The number of ether oxygens (including phenoxy) is 1. The molecule has 0 aliphatic heterocycles. The Morgan fingerprint density at radius 1 is 1.41 bits per heavy atom. The summed E-state index contributed by atoms with van der Waals surface area (Å²) < 4.78 is 5.17. The van der Waals surface area contributed by atoms with Gasteiger partial charge < -0.3 is 10.1 Å². The molecule has 0 aromatic heterocycles. The van der Waals surface area contributed by atoms with Crippen LogP contribution in [0.2, 0.25) is 0 Å². The van der Waals surface area contributed by atoms with E-state index in [2.05, 4.69) is 5.32 Å². The molecule has 1 atom stereocenters. The van der Waals surface area contributed by atoms with Crippen LogP contribution >= 0.6 is 0 Å². The Bertz CT molecular complexity index is 374. The quantitative estimate of drug-likeness (QED) is 0.821. The molecule has 1 unspecified atom stereocenters. The van der Waals surface area contributed by atoms with Gasteiger partial charge in [-0.05, 0) is 31.0 Å². The summed E-state index contributed by atoms with van der Waals surface area (Å²) in [7, 11) is 1.65. The molecule has 3 nitrogen and oxygen atoms in total. The largest absolute Gasteiger partial charge is 0.497 e. The molecule has 0 saturated carbocycles. The fraction of sp³-hybridized carbons (Fsp3) is 0.500. The van der Waals surface area contributed by atoms with Gasteiger partial charge in [0.05, 0.1) is 13.2 Å². The van der Waals surface area contributed by atoms with E-state index in [0.717, 1.165) is 11.3 Å². The standard InChI is InChI=1S/C14H21NO2/c1-10(2)15-14(11(3)16)9-12-6-5-7-13(8-12)17-4/h5-8,10,14-15H,9H2,1-4H3. The molecular weight excluding hydrogens is 214 g/mol. The van der Waals surface area contributed by atoms with E-state index in [-0.39, 0.29) is 11.8 Å². The average molecular weight is 235 g/mol. The molecule has 0 radical (unpaired) electrons. The number of hydrogen-bond acceptors (Lipinski definition) is 3. The van der Waals surface area contributed by atoms with E-state index in [0.29, 0.717) is 12.5 Å². The minimum Gasteiger partial charge on any atom is -0.497 e. The first-order valence-electron chi connectivity index (χ1n) is 5.92. The fourth-order valence-corrected chi connectivity index (χ4v) is 1.76. The van der Waals surface area contributed by atoms with Crippen molar-refractivity contribution in [2.75, 3.05) is 7.11 Å². The van der Waals surface area contributed by atoms with Crippen molar-refractivity contribution in [2.45, 2.75) is 39.3 Å². The Hall–Kier alpha value is -1.35. The van der Waals surface area contributed by atoms with Crippen LogP contribution in [0.1, 0.15) is 26.3 Å². The van der Waals surface area contributed by atoms with Crippen LogP contribution in [0.15, 0.2) is 24.3 Å². The number of nitrogens with one attached hydrogen (secondary N) is 1. The van der Waals surface area contributed by atoms with Gasteiger partial charge in [-0.1, -0.05) is 26.0 Å². The second-order valence-electron chi connectivity index (χ2n) is 4.54. The smallest absolute Gasteiger partial charge is 0.147 e. The Balaban J connectivity index is 2.74. The summed E-state index contributed by atoms with van der Waals surface area (Å²) in [5, 5.41) is 3.27. The zero-order chi connectivity index (χ0) is 12.8. The molecule has 0 heterocycles. The molecule has 0 aliphatic carbocycles. The van der Waals surface area contributed by atoms with Crippen molar-refractivity contribution in [3.05, 3.63) is 29.8 Å². The van der Waals surface area contributed by atoms with Crippen LogP contribution in [-0.2, 0) is 11.2 Å². The molecular formula is C14H21NO2. The Morgan fingerprint density at radius 3 is 2.65 bits per heavy atom. The van der Waals surface area contributed by atoms with Crippen LogP contribution in [-0.4, -0.2) is 25.0 Å². The lowest BCUT2D eigenvalue weighted by atomic mass is 10.0. The SMILES string of the molecule is COc1cccc(CC(NC(C)C)C(C)=O)c1. The van der Waals surface area contributed by atoms with Gasteiger partial charge in [0.2, 0.25) is 0 Å². The van der Waals surface area contributed by atoms with E-state index in [9.17, 15) is 4.79 Å². The monoisotopic (exact) mass is 235 g/mol. The van der Waals surface area contributed by atoms with Crippen molar-refractivity contribution < 1.29 is 9.53 Å². The van der Waals surface area contributed by atoms with Crippen LogP contribution in [0.3, 0.4) is 0 Å². The van der Waals surface area contributed by atoms with Gasteiger partial charge in [0.15, 0.2) is 0 Å². The summed E-state index contributed by atoms with van der Waals surface area (Å²) >= 11 is 0. The van der Waals surface area contributed by atoms with Gasteiger partial charge in [-0.3, -0.25) is 4.79 Å². The number of benzene rings is 1. The van der Waals surface area contributed by atoms with E-state index < -0.39 is 0 Å². The lowest BCUT2D eigenvalue weighted by Gasteiger charge is -2.18. The first kappa shape index (κ1) is 13.7. The number of carbonyl (C=O) groups is 1. The van der Waals surface area contributed by atoms with E-state index >= 15 is 0 Å². The highest BCUT2D eigenvalue weighted by atomic mass is 16.5. The van der Waals surface area contributed by atoms with Crippen LogP contribution in [0.25, 0.3) is 0 Å². The van der Waals surface area contributed by atoms with Crippen LogP contribution in [0, 0.1) is 0 Å². The summed E-state index contributed by atoms with van der Waals surface area (Å²) in [5.74, 6) is 0.996. The van der Waals surface area contributed by atoms with Crippen molar-refractivity contribution in [2.24, 2.45) is 0 Å². The molecule has 94 valence electrons. The predicted molar refractivity (Wildman–Crippen MR) is 69.4 cm³/mol. The molecule has 1 aromatic rings. The molecule has 0 amide bonds. The lowest BCUT2D eigenvalue weighted by molar-refractivity contribution is -0.119. The van der Waals surface area contributed by atoms with Crippen molar-refractivity contribution in [3.63, 3.8) is 0 Å². The van der Waals surface area contributed by atoms with Gasteiger partial charge in [-0.15, -0.1) is 0 Å². The highest BCUT2D eigenvalue weighted by molar-refractivity contribution is 5.81. The van der Waals surface area contributed by atoms with Gasteiger partial charge in [-0.25, -0.2) is 0 Å². The molecule has 3 heteroatoms. The molecule has 1 rings (SSSR count). The van der Waals surface area contributed by atoms with E-state index in [4.69, 9.17) is 4.74 Å². The molecule has 1 N–H and O–H groups in total. The van der Waals surface area contributed by atoms with E-state index in [1.54, 1.807) is 14.0 Å². The Labute approximate surface area is 103 Å². The normalized spacial score (nSPS) is 12.5. The summed E-state index contributed by atoms with van der Waals surface area (Å²) in [5.41, 5.74) is 1.11. The number of ketones is 1. The van der Waals surface area contributed by atoms with Crippen LogP contribution in [0.4, 0.5) is 0 Å². The molecule has 0 fully saturated rings. The lowest BCUT2D eigenvalue weighted by Crippen LogP contribution is -2.41. The first-order valence-corrected chi connectivity index (χ1v) is 5.92. The van der Waals surface area contributed by atoms with Crippen LogP contribution in [0.5, 0.6) is 5.75 Å². The highest BCUT2D eigenvalue weighted by Gasteiger charge is 2.15. The van der Waals surface area contributed by atoms with Gasteiger partial charge in [0, 0.05) is 6.04 Å². The zero-order valence-corrected chi connectivity index (χ0v) is 11.0. The molecule has 17 heavy (non-hydrogen) atoms. The third-order valence-corrected chi connectivity index (χ3v) is 2.60. The Kier molecular flexibility index (Phi) is 5.16. The summed E-state index contributed by atoms with van der Waals surface area (Å²) in [6.07, 6.45) is 0.699. The predicted octanol–water partition coefficient (Wildman–Crippen LogP) is 2.19. The fourth-order valence-electron chi connectivity index (χ4n) is 1.76. The van der Waals surface area contributed by atoms with Crippen molar-refractivity contribution in [1.82, 2.24) is 5.32 Å².